The van der Waals surface area contributed by atoms with Crippen molar-refractivity contribution >= 4 is 34.4 Å². The van der Waals surface area contributed by atoms with E-state index in [9.17, 15) is 9.59 Å². The highest BCUT2D eigenvalue weighted by Gasteiger charge is 2.24. The summed E-state index contributed by atoms with van der Waals surface area (Å²) in [6.45, 7) is 7.48. The van der Waals surface area contributed by atoms with E-state index < -0.39 is 0 Å². The Morgan fingerprint density at radius 1 is 1.13 bits per heavy atom. The molecule has 1 aliphatic heterocycles. The van der Waals surface area contributed by atoms with Crippen LogP contribution in [-0.4, -0.2) is 58.1 Å². The van der Waals surface area contributed by atoms with Crippen molar-refractivity contribution in [3.63, 3.8) is 0 Å². The van der Waals surface area contributed by atoms with E-state index >= 15 is 0 Å². The third kappa shape index (κ3) is 5.13. The van der Waals surface area contributed by atoms with Crippen LogP contribution in [0.1, 0.15) is 23.7 Å². The summed E-state index contributed by atoms with van der Waals surface area (Å²) in [6.07, 6.45) is 2.43. The van der Waals surface area contributed by atoms with E-state index in [1.165, 1.54) is 6.33 Å². The molecule has 1 fully saturated rings. The van der Waals surface area contributed by atoms with Crippen molar-refractivity contribution in [1.29, 1.82) is 0 Å². The maximum absolute atomic E-state index is 13.1. The number of ether oxygens (including phenoxy) is 1. The molecule has 0 aliphatic carbocycles. The number of benzene rings is 2. The van der Waals surface area contributed by atoms with Crippen molar-refractivity contribution in [3.05, 3.63) is 72.6 Å². The number of fused-ring (bicyclic) bond motifs is 1. The molecule has 0 bridgehead atoms. The molecule has 3 heterocycles. The van der Waals surface area contributed by atoms with Crippen LogP contribution >= 0.6 is 0 Å². The maximum Gasteiger partial charge on any atom is 0.253 e. The SMILES string of the molecule is C=C(C)C(=O)Nc1ccc(-c2c(-c3ccc(C(=O)N(C)CC4CCOC4)cc3)c3c(N)ncnc3n2C)cc1. The lowest BCUT2D eigenvalue weighted by molar-refractivity contribution is -0.112. The predicted molar refractivity (Wildman–Crippen MR) is 153 cm³/mol. The molecule has 4 aromatic rings. The first-order chi connectivity index (χ1) is 18.7. The number of nitrogen functional groups attached to an aromatic ring is 1. The van der Waals surface area contributed by atoms with E-state index in [0.29, 0.717) is 47.4 Å². The van der Waals surface area contributed by atoms with Crippen LogP contribution in [0.3, 0.4) is 0 Å². The van der Waals surface area contributed by atoms with Gasteiger partial charge in [-0.2, -0.15) is 0 Å². The fourth-order valence-electron chi connectivity index (χ4n) is 5.04. The number of carbonyl (C=O) groups excluding carboxylic acids is 2. The molecule has 2 amide bonds. The average Bonchev–Trinajstić information content (AvgIpc) is 3.55. The van der Waals surface area contributed by atoms with E-state index in [1.54, 1.807) is 11.8 Å². The molecule has 39 heavy (non-hydrogen) atoms. The minimum atomic E-state index is -0.229. The molecule has 0 spiro atoms. The second-order valence-corrected chi connectivity index (χ2v) is 10.0. The number of hydrogen-bond acceptors (Lipinski definition) is 6. The summed E-state index contributed by atoms with van der Waals surface area (Å²) < 4.78 is 7.44. The van der Waals surface area contributed by atoms with Crippen molar-refractivity contribution in [3.8, 4) is 22.4 Å². The molecule has 2 aromatic heterocycles. The van der Waals surface area contributed by atoms with Gasteiger partial charge in [-0.1, -0.05) is 30.8 Å². The molecule has 3 N–H and O–H groups in total. The minimum Gasteiger partial charge on any atom is -0.383 e. The molecular weight excluding hydrogens is 492 g/mol. The number of hydrogen-bond donors (Lipinski definition) is 2. The van der Waals surface area contributed by atoms with Gasteiger partial charge in [-0.25, -0.2) is 9.97 Å². The summed E-state index contributed by atoms with van der Waals surface area (Å²) in [4.78, 5) is 35.7. The summed E-state index contributed by atoms with van der Waals surface area (Å²) in [5, 5.41) is 3.58. The number of anilines is 2. The Kier molecular flexibility index (Phi) is 7.17. The van der Waals surface area contributed by atoms with Crippen LogP contribution in [0, 0.1) is 5.92 Å². The summed E-state index contributed by atoms with van der Waals surface area (Å²) in [6, 6.07) is 15.1. The Labute approximate surface area is 227 Å². The largest absolute Gasteiger partial charge is 0.383 e. The standard InChI is InChI=1S/C30H32N6O3/c1-18(2)29(37)34-23-11-9-21(10-12-23)26-24(25-27(31)32-17-33-28(25)36(26)4)20-5-7-22(8-6-20)30(38)35(3)15-19-13-14-39-16-19/h5-12,17,19H,1,13-16H2,2-4H3,(H,34,37)(H2,31,32,33). The summed E-state index contributed by atoms with van der Waals surface area (Å²) >= 11 is 0. The van der Waals surface area contributed by atoms with E-state index in [2.05, 4.69) is 21.9 Å². The van der Waals surface area contributed by atoms with Gasteiger partial charge in [0.2, 0.25) is 0 Å². The predicted octanol–water partition coefficient (Wildman–Crippen LogP) is 4.51. The molecule has 0 saturated carbocycles. The van der Waals surface area contributed by atoms with E-state index in [-0.39, 0.29) is 11.8 Å². The fourth-order valence-corrected chi connectivity index (χ4v) is 5.04. The lowest BCUT2D eigenvalue weighted by Crippen LogP contribution is -2.32. The van der Waals surface area contributed by atoms with Crippen LogP contribution in [0.5, 0.6) is 0 Å². The molecule has 1 atom stereocenters. The second kappa shape index (κ2) is 10.7. The van der Waals surface area contributed by atoms with Gasteiger partial charge in [-0.15, -0.1) is 0 Å². The lowest BCUT2D eigenvalue weighted by atomic mass is 9.97. The molecule has 1 saturated heterocycles. The third-order valence-electron chi connectivity index (χ3n) is 7.12. The zero-order valence-corrected chi connectivity index (χ0v) is 22.4. The molecule has 5 rings (SSSR count). The molecule has 0 radical (unpaired) electrons. The van der Waals surface area contributed by atoms with Gasteiger partial charge in [0.05, 0.1) is 17.7 Å². The minimum absolute atomic E-state index is 0.0261. The molecule has 2 aromatic carbocycles. The van der Waals surface area contributed by atoms with E-state index in [4.69, 9.17) is 10.5 Å². The van der Waals surface area contributed by atoms with Gasteiger partial charge < -0.3 is 25.3 Å². The number of aryl methyl sites for hydroxylation is 1. The van der Waals surface area contributed by atoms with Gasteiger partial charge >= 0.3 is 0 Å². The van der Waals surface area contributed by atoms with Crippen LogP contribution in [0.2, 0.25) is 0 Å². The number of carbonyl (C=O) groups is 2. The number of nitrogens with two attached hydrogens (primary N) is 1. The molecule has 9 heteroatoms. The molecular formula is C30H32N6O3. The van der Waals surface area contributed by atoms with Crippen molar-refractivity contribution in [1.82, 2.24) is 19.4 Å². The quantitative estimate of drug-likeness (QED) is 0.344. The second-order valence-electron chi connectivity index (χ2n) is 10.0. The fraction of sp³-hybridized carbons (Fsp3) is 0.267. The number of nitrogens with one attached hydrogen (secondary N) is 1. The van der Waals surface area contributed by atoms with Crippen LogP contribution in [0.25, 0.3) is 33.4 Å². The van der Waals surface area contributed by atoms with Crippen molar-refractivity contribution in [2.75, 3.05) is 37.9 Å². The van der Waals surface area contributed by atoms with Crippen molar-refractivity contribution in [2.24, 2.45) is 13.0 Å². The zero-order chi connectivity index (χ0) is 27.7. The number of amides is 2. The van der Waals surface area contributed by atoms with Gasteiger partial charge in [0.1, 0.15) is 17.8 Å². The van der Waals surface area contributed by atoms with E-state index in [1.807, 2.05) is 67.2 Å². The molecule has 9 nitrogen and oxygen atoms in total. The molecule has 1 unspecified atom stereocenters. The smallest absolute Gasteiger partial charge is 0.253 e. The number of rotatable bonds is 7. The number of nitrogens with zero attached hydrogens (tertiary/aromatic N) is 4. The van der Waals surface area contributed by atoms with Crippen LogP contribution in [-0.2, 0) is 16.6 Å². The van der Waals surface area contributed by atoms with Gasteiger partial charge in [-0.3, -0.25) is 9.59 Å². The first kappa shape index (κ1) is 26.1. The average molecular weight is 525 g/mol. The van der Waals surface area contributed by atoms with Gasteiger partial charge in [-0.05, 0) is 48.7 Å². The van der Waals surface area contributed by atoms with Crippen LogP contribution < -0.4 is 11.1 Å². The van der Waals surface area contributed by atoms with Gasteiger partial charge in [0.25, 0.3) is 11.8 Å². The number of aromatic nitrogens is 3. The van der Waals surface area contributed by atoms with Gasteiger partial charge in [0.15, 0.2) is 0 Å². The summed E-state index contributed by atoms with van der Waals surface area (Å²) in [5.74, 6) is 0.496. The van der Waals surface area contributed by atoms with Crippen molar-refractivity contribution in [2.45, 2.75) is 13.3 Å². The van der Waals surface area contributed by atoms with Crippen LogP contribution in [0.15, 0.2) is 67.0 Å². The first-order valence-corrected chi connectivity index (χ1v) is 12.8. The monoisotopic (exact) mass is 524 g/mol. The zero-order valence-electron chi connectivity index (χ0n) is 22.4. The highest BCUT2D eigenvalue weighted by molar-refractivity contribution is 6.08. The Morgan fingerprint density at radius 3 is 2.46 bits per heavy atom. The van der Waals surface area contributed by atoms with Crippen molar-refractivity contribution < 1.29 is 14.3 Å². The Morgan fingerprint density at radius 2 is 1.82 bits per heavy atom. The third-order valence-corrected chi connectivity index (χ3v) is 7.12. The maximum atomic E-state index is 13.1. The Balaban J connectivity index is 1.52. The summed E-state index contributed by atoms with van der Waals surface area (Å²) in [5.41, 5.74) is 12.4. The first-order valence-electron chi connectivity index (χ1n) is 12.8. The van der Waals surface area contributed by atoms with Gasteiger partial charge in [0, 0.05) is 55.6 Å². The highest BCUT2D eigenvalue weighted by atomic mass is 16.5. The highest BCUT2D eigenvalue weighted by Crippen LogP contribution is 2.41. The molecule has 200 valence electrons. The topological polar surface area (TPSA) is 115 Å². The Hall–Kier alpha value is -4.50. The normalized spacial score (nSPS) is 14.9. The summed E-state index contributed by atoms with van der Waals surface area (Å²) in [7, 11) is 3.77. The van der Waals surface area contributed by atoms with E-state index in [0.717, 1.165) is 40.8 Å². The van der Waals surface area contributed by atoms with Crippen LogP contribution in [0.4, 0.5) is 11.5 Å². The molecule has 1 aliphatic rings. The Bertz CT molecular complexity index is 1550. The lowest BCUT2D eigenvalue weighted by Gasteiger charge is -2.20.